The van der Waals surface area contributed by atoms with Gasteiger partial charge in [0.25, 0.3) is 0 Å². The van der Waals surface area contributed by atoms with E-state index in [9.17, 15) is 9.59 Å². The number of rotatable bonds is 1. The molecule has 4 aromatic rings. The van der Waals surface area contributed by atoms with Crippen LogP contribution in [0, 0.1) is 0 Å². The first-order valence-electron chi connectivity index (χ1n) is 7.21. The molecule has 1 heterocycles. The van der Waals surface area contributed by atoms with Crippen LogP contribution in [0.1, 0.15) is 6.92 Å². The summed E-state index contributed by atoms with van der Waals surface area (Å²) in [5.41, 5.74) is 0.715. The minimum Gasteiger partial charge on any atom is -0.456 e. The Morgan fingerprint density at radius 1 is 0.913 bits per heavy atom. The van der Waals surface area contributed by atoms with Gasteiger partial charge >= 0.3 is 5.97 Å². The highest BCUT2D eigenvalue weighted by Gasteiger charge is 2.15. The SMILES string of the molecule is CC(=O)Oc1cccc2oc3ccc4ccccc4c3c(=O)c12. The van der Waals surface area contributed by atoms with Crippen molar-refractivity contribution < 1.29 is 13.9 Å². The predicted molar refractivity (Wildman–Crippen MR) is 88.8 cm³/mol. The van der Waals surface area contributed by atoms with E-state index < -0.39 is 5.97 Å². The molecule has 0 bridgehead atoms. The zero-order valence-corrected chi connectivity index (χ0v) is 12.3. The number of benzene rings is 3. The average molecular weight is 304 g/mol. The third-order valence-corrected chi connectivity index (χ3v) is 3.81. The maximum Gasteiger partial charge on any atom is 0.308 e. The lowest BCUT2D eigenvalue weighted by Crippen LogP contribution is -2.08. The van der Waals surface area contributed by atoms with Crippen molar-refractivity contribution >= 4 is 38.7 Å². The molecule has 0 amide bonds. The van der Waals surface area contributed by atoms with Crippen LogP contribution in [-0.4, -0.2) is 5.97 Å². The van der Waals surface area contributed by atoms with Crippen molar-refractivity contribution in [1.82, 2.24) is 0 Å². The topological polar surface area (TPSA) is 56.5 Å². The summed E-state index contributed by atoms with van der Waals surface area (Å²) in [6, 6.07) is 16.3. The summed E-state index contributed by atoms with van der Waals surface area (Å²) in [7, 11) is 0. The summed E-state index contributed by atoms with van der Waals surface area (Å²) in [5, 5.41) is 2.55. The second kappa shape index (κ2) is 4.95. The molecule has 0 radical (unpaired) electrons. The Balaban J connectivity index is 2.23. The van der Waals surface area contributed by atoms with E-state index in [0.29, 0.717) is 16.6 Å². The van der Waals surface area contributed by atoms with Gasteiger partial charge in [0.15, 0.2) is 0 Å². The number of carbonyl (C=O) groups is 1. The number of esters is 1. The first kappa shape index (κ1) is 13.5. The first-order chi connectivity index (χ1) is 11.1. The molecule has 0 saturated heterocycles. The molecule has 1 aromatic heterocycles. The normalized spacial score (nSPS) is 11.2. The summed E-state index contributed by atoms with van der Waals surface area (Å²) in [6.45, 7) is 1.30. The van der Waals surface area contributed by atoms with Crippen LogP contribution < -0.4 is 10.2 Å². The van der Waals surface area contributed by atoms with Crippen LogP contribution in [0.25, 0.3) is 32.7 Å². The molecule has 112 valence electrons. The molecule has 4 heteroatoms. The third-order valence-electron chi connectivity index (χ3n) is 3.81. The molecule has 4 rings (SSSR count). The van der Waals surface area contributed by atoms with Crippen LogP contribution in [0.3, 0.4) is 0 Å². The van der Waals surface area contributed by atoms with E-state index in [1.54, 1.807) is 24.3 Å². The molecule has 0 saturated carbocycles. The highest BCUT2D eigenvalue weighted by atomic mass is 16.5. The van der Waals surface area contributed by atoms with Gasteiger partial charge in [-0.1, -0.05) is 36.4 Å². The van der Waals surface area contributed by atoms with Gasteiger partial charge in [-0.3, -0.25) is 9.59 Å². The number of hydrogen-bond donors (Lipinski definition) is 0. The molecule has 0 unspecified atom stereocenters. The summed E-state index contributed by atoms with van der Waals surface area (Å²) < 4.78 is 11.0. The Morgan fingerprint density at radius 2 is 1.70 bits per heavy atom. The van der Waals surface area contributed by atoms with Gasteiger partial charge < -0.3 is 9.15 Å². The molecule has 0 fully saturated rings. The molecule has 0 atom stereocenters. The smallest absolute Gasteiger partial charge is 0.308 e. The molecule has 0 aliphatic rings. The molecule has 0 aliphatic heterocycles. The molecule has 3 aromatic carbocycles. The van der Waals surface area contributed by atoms with Gasteiger partial charge in [-0.2, -0.15) is 0 Å². The van der Waals surface area contributed by atoms with E-state index in [2.05, 4.69) is 0 Å². The highest BCUT2D eigenvalue weighted by Crippen LogP contribution is 2.29. The average Bonchev–Trinajstić information content (AvgIpc) is 2.54. The monoisotopic (exact) mass is 304 g/mol. The van der Waals surface area contributed by atoms with Crippen LogP contribution in [-0.2, 0) is 4.79 Å². The van der Waals surface area contributed by atoms with E-state index in [-0.39, 0.29) is 16.6 Å². The maximum atomic E-state index is 13.1. The van der Waals surface area contributed by atoms with Gasteiger partial charge in [-0.05, 0) is 29.0 Å². The van der Waals surface area contributed by atoms with E-state index in [1.165, 1.54) is 6.92 Å². The molecular weight excluding hydrogens is 292 g/mol. The lowest BCUT2D eigenvalue weighted by molar-refractivity contribution is -0.131. The largest absolute Gasteiger partial charge is 0.456 e. The van der Waals surface area contributed by atoms with Crippen molar-refractivity contribution in [1.29, 1.82) is 0 Å². The number of ether oxygens (including phenoxy) is 1. The lowest BCUT2D eigenvalue weighted by Gasteiger charge is -2.08. The van der Waals surface area contributed by atoms with Gasteiger partial charge in [0, 0.05) is 6.92 Å². The molecule has 23 heavy (non-hydrogen) atoms. The number of hydrogen-bond acceptors (Lipinski definition) is 4. The van der Waals surface area contributed by atoms with Gasteiger partial charge in [0.05, 0.1) is 5.39 Å². The lowest BCUT2D eigenvalue weighted by atomic mass is 10.0. The predicted octanol–water partition coefficient (Wildman–Crippen LogP) is 4.02. The van der Waals surface area contributed by atoms with Gasteiger partial charge in [-0.15, -0.1) is 0 Å². The van der Waals surface area contributed by atoms with Crippen LogP contribution in [0.2, 0.25) is 0 Å². The molecule has 0 N–H and O–H groups in total. The number of carbonyl (C=O) groups excluding carboxylic acids is 1. The third kappa shape index (κ3) is 2.07. The second-order valence-corrected chi connectivity index (χ2v) is 5.31. The zero-order chi connectivity index (χ0) is 16.0. The first-order valence-corrected chi connectivity index (χ1v) is 7.21. The highest BCUT2D eigenvalue weighted by molar-refractivity contribution is 6.08. The van der Waals surface area contributed by atoms with Crippen LogP contribution in [0.5, 0.6) is 5.75 Å². The number of fused-ring (bicyclic) bond motifs is 4. The molecular formula is C19H12O4. The quantitative estimate of drug-likeness (QED) is 0.231. The van der Waals surface area contributed by atoms with Crippen molar-refractivity contribution in [3.63, 3.8) is 0 Å². The van der Waals surface area contributed by atoms with Crippen molar-refractivity contribution in [3.8, 4) is 5.75 Å². The van der Waals surface area contributed by atoms with E-state index in [4.69, 9.17) is 9.15 Å². The van der Waals surface area contributed by atoms with Crippen LogP contribution in [0.4, 0.5) is 0 Å². The summed E-state index contributed by atoms with van der Waals surface area (Å²) in [4.78, 5) is 24.3. The minimum absolute atomic E-state index is 0.199. The summed E-state index contributed by atoms with van der Waals surface area (Å²) in [5.74, 6) is -0.256. The Labute approximate surface area is 130 Å². The van der Waals surface area contributed by atoms with Crippen molar-refractivity contribution in [2.75, 3.05) is 0 Å². The Bertz CT molecular complexity index is 1140. The maximum absolute atomic E-state index is 13.1. The van der Waals surface area contributed by atoms with Crippen LogP contribution >= 0.6 is 0 Å². The summed E-state index contributed by atoms with van der Waals surface area (Å²) >= 11 is 0. The van der Waals surface area contributed by atoms with E-state index in [0.717, 1.165) is 10.8 Å². The van der Waals surface area contributed by atoms with Gasteiger partial charge in [-0.25, -0.2) is 0 Å². The second-order valence-electron chi connectivity index (χ2n) is 5.31. The fraction of sp³-hybridized carbons (Fsp3) is 0.0526. The van der Waals surface area contributed by atoms with Crippen molar-refractivity contribution in [3.05, 3.63) is 64.8 Å². The Morgan fingerprint density at radius 3 is 2.52 bits per heavy atom. The van der Waals surface area contributed by atoms with Crippen molar-refractivity contribution in [2.45, 2.75) is 6.92 Å². The van der Waals surface area contributed by atoms with Gasteiger partial charge in [0.2, 0.25) is 5.43 Å². The minimum atomic E-state index is -0.477. The van der Waals surface area contributed by atoms with Crippen LogP contribution in [0.15, 0.2) is 63.8 Å². The molecule has 0 spiro atoms. The zero-order valence-electron chi connectivity index (χ0n) is 12.3. The fourth-order valence-corrected chi connectivity index (χ4v) is 2.87. The van der Waals surface area contributed by atoms with E-state index in [1.807, 2.05) is 30.3 Å². The standard InChI is InChI=1S/C19H12O4/c1-11(20)22-14-7-4-8-15-18(14)19(21)17-13-6-3-2-5-12(13)9-10-16(17)23-15/h2-10H,1H3. The molecule has 0 aliphatic carbocycles. The van der Waals surface area contributed by atoms with Gasteiger partial charge in [0.1, 0.15) is 22.3 Å². The Hall–Kier alpha value is -3.14. The molecule has 4 nitrogen and oxygen atoms in total. The Kier molecular flexibility index (Phi) is 2.91. The summed E-state index contributed by atoms with van der Waals surface area (Å²) in [6.07, 6.45) is 0. The van der Waals surface area contributed by atoms with E-state index >= 15 is 0 Å². The van der Waals surface area contributed by atoms with Crippen molar-refractivity contribution in [2.24, 2.45) is 0 Å². The fourth-order valence-electron chi connectivity index (χ4n) is 2.87.